The van der Waals surface area contributed by atoms with Gasteiger partial charge in [-0.05, 0) is 76.8 Å². The molecule has 2 unspecified atom stereocenters. The summed E-state index contributed by atoms with van der Waals surface area (Å²) in [5.74, 6) is 1.53. The molecule has 0 amide bonds. The van der Waals surface area contributed by atoms with Crippen molar-refractivity contribution in [1.82, 2.24) is 0 Å². The van der Waals surface area contributed by atoms with E-state index in [-0.39, 0.29) is 0 Å². The predicted octanol–water partition coefficient (Wildman–Crippen LogP) is 4.25. The van der Waals surface area contributed by atoms with Crippen LogP contribution in [0.2, 0.25) is 39.3 Å². The van der Waals surface area contributed by atoms with E-state index in [4.69, 9.17) is 8.85 Å². The number of hydrogen-bond acceptors (Lipinski definition) is 2. The van der Waals surface area contributed by atoms with Gasteiger partial charge in [-0.1, -0.05) is 0 Å². The highest BCUT2D eigenvalue weighted by Gasteiger charge is 2.47. The summed E-state index contributed by atoms with van der Waals surface area (Å²) in [6, 6.07) is 0. The summed E-state index contributed by atoms with van der Waals surface area (Å²) in [4.78, 5) is 0. The predicted molar refractivity (Wildman–Crippen MR) is 81.9 cm³/mol. The van der Waals surface area contributed by atoms with Crippen LogP contribution < -0.4 is 0 Å². The first-order valence-electron chi connectivity index (χ1n) is 7.51. The van der Waals surface area contributed by atoms with Crippen LogP contribution in [0, 0.1) is 11.8 Å². The summed E-state index contributed by atoms with van der Waals surface area (Å²) in [5, 5.41) is 0. The van der Waals surface area contributed by atoms with Crippen LogP contribution in [0.1, 0.15) is 25.7 Å². The molecule has 0 aromatic heterocycles. The van der Waals surface area contributed by atoms with Gasteiger partial charge in [0, 0.05) is 0 Å². The minimum Gasteiger partial charge on any atom is -0.412 e. The molecule has 3 fully saturated rings. The molecule has 0 N–H and O–H groups in total. The van der Waals surface area contributed by atoms with Gasteiger partial charge in [0.2, 0.25) is 0 Å². The fourth-order valence-electron chi connectivity index (χ4n) is 3.48. The van der Waals surface area contributed by atoms with Gasteiger partial charge in [-0.15, -0.1) is 0 Å². The highest BCUT2D eigenvalue weighted by Crippen LogP contribution is 2.45. The maximum atomic E-state index is 6.51. The second-order valence-electron chi connectivity index (χ2n) is 8.06. The fourth-order valence-corrected chi connectivity index (χ4v) is 5.77. The molecule has 3 aliphatic rings. The molecular weight excluding hydrogens is 256 g/mol. The molecule has 18 heavy (non-hydrogen) atoms. The van der Waals surface area contributed by atoms with Crippen molar-refractivity contribution >= 4 is 16.6 Å². The monoisotopic (exact) mass is 286 g/mol. The molecule has 2 atom stereocenters. The molecule has 3 aliphatic carbocycles. The maximum Gasteiger partial charge on any atom is 0.184 e. The van der Waals surface area contributed by atoms with E-state index in [1.54, 1.807) is 0 Å². The first kappa shape index (κ1) is 14.8. The lowest BCUT2D eigenvalue weighted by Crippen LogP contribution is -2.56. The minimum atomic E-state index is -1.46. The van der Waals surface area contributed by atoms with Gasteiger partial charge in [0.1, 0.15) is 0 Å². The van der Waals surface area contributed by atoms with Crippen LogP contribution in [0.25, 0.3) is 0 Å². The number of fused-ring (bicyclic) bond motifs is 3. The van der Waals surface area contributed by atoms with E-state index in [9.17, 15) is 0 Å². The van der Waals surface area contributed by atoms with Crippen molar-refractivity contribution in [2.45, 2.75) is 77.2 Å². The van der Waals surface area contributed by atoms with E-state index in [1.807, 2.05) is 0 Å². The lowest BCUT2D eigenvalue weighted by atomic mass is 9.67. The Labute approximate surface area is 115 Å². The van der Waals surface area contributed by atoms with Crippen LogP contribution in [0.3, 0.4) is 0 Å². The van der Waals surface area contributed by atoms with Gasteiger partial charge in [0.05, 0.1) is 12.2 Å². The Bertz CT molecular complexity index is 255. The van der Waals surface area contributed by atoms with E-state index in [2.05, 4.69) is 39.3 Å². The lowest BCUT2D eigenvalue weighted by molar-refractivity contribution is -0.0900. The van der Waals surface area contributed by atoms with E-state index in [0.29, 0.717) is 12.2 Å². The van der Waals surface area contributed by atoms with Crippen molar-refractivity contribution < 1.29 is 8.85 Å². The molecule has 3 saturated carbocycles. The quantitative estimate of drug-likeness (QED) is 0.719. The molecule has 0 radical (unpaired) electrons. The second kappa shape index (κ2) is 5.04. The highest BCUT2D eigenvalue weighted by molar-refractivity contribution is 6.70. The molecule has 3 rings (SSSR count). The standard InChI is InChI=1S/C14H30O2Si2/c1-17(2,3)15-13-11-7-9-12(10-8-11)14(13)16-18(4,5)6/h11-14H,7-10H2,1-6H3. The molecule has 0 saturated heterocycles. The average molecular weight is 287 g/mol. The van der Waals surface area contributed by atoms with Gasteiger partial charge in [-0.3, -0.25) is 0 Å². The van der Waals surface area contributed by atoms with Gasteiger partial charge in [0.15, 0.2) is 16.6 Å². The topological polar surface area (TPSA) is 18.5 Å². The Hall–Kier alpha value is 0.354. The van der Waals surface area contributed by atoms with Crippen LogP contribution in [-0.2, 0) is 8.85 Å². The molecule has 4 heteroatoms. The Morgan fingerprint density at radius 2 is 0.889 bits per heavy atom. The molecule has 2 bridgehead atoms. The van der Waals surface area contributed by atoms with Gasteiger partial charge < -0.3 is 8.85 Å². The van der Waals surface area contributed by atoms with Crippen LogP contribution in [-0.4, -0.2) is 28.8 Å². The average Bonchev–Trinajstić information content (AvgIpc) is 2.19. The van der Waals surface area contributed by atoms with E-state index >= 15 is 0 Å². The molecule has 106 valence electrons. The summed E-state index contributed by atoms with van der Waals surface area (Å²) < 4.78 is 13.0. The molecular formula is C14H30O2Si2. The fraction of sp³-hybridized carbons (Fsp3) is 1.00. The Kier molecular flexibility index (Phi) is 4.13. The summed E-state index contributed by atoms with van der Waals surface area (Å²) >= 11 is 0. The summed E-state index contributed by atoms with van der Waals surface area (Å²) in [6.07, 6.45) is 6.26. The largest absolute Gasteiger partial charge is 0.412 e. The molecule has 0 aliphatic heterocycles. The van der Waals surface area contributed by atoms with Crippen molar-refractivity contribution in [3.8, 4) is 0 Å². The summed E-state index contributed by atoms with van der Waals surface area (Å²) in [7, 11) is -2.93. The summed E-state index contributed by atoms with van der Waals surface area (Å²) in [6.45, 7) is 13.8. The number of rotatable bonds is 4. The van der Waals surface area contributed by atoms with Gasteiger partial charge in [0.25, 0.3) is 0 Å². The molecule has 2 nitrogen and oxygen atoms in total. The van der Waals surface area contributed by atoms with Crippen LogP contribution in [0.15, 0.2) is 0 Å². The zero-order chi connectivity index (χ0) is 13.6. The molecule has 0 aromatic rings. The van der Waals surface area contributed by atoms with Gasteiger partial charge in [-0.2, -0.15) is 0 Å². The Morgan fingerprint density at radius 1 is 0.611 bits per heavy atom. The first-order valence-corrected chi connectivity index (χ1v) is 14.3. The van der Waals surface area contributed by atoms with Crippen molar-refractivity contribution in [3.63, 3.8) is 0 Å². The third-order valence-electron chi connectivity index (χ3n) is 4.05. The van der Waals surface area contributed by atoms with Gasteiger partial charge in [-0.25, -0.2) is 0 Å². The molecule has 0 aromatic carbocycles. The summed E-state index contributed by atoms with van der Waals surface area (Å²) in [5.41, 5.74) is 0. The van der Waals surface area contributed by atoms with E-state index < -0.39 is 16.6 Å². The van der Waals surface area contributed by atoms with E-state index in [1.165, 1.54) is 25.7 Å². The third kappa shape index (κ3) is 3.68. The Morgan fingerprint density at radius 3 is 1.11 bits per heavy atom. The number of hydrogen-bond donors (Lipinski definition) is 0. The van der Waals surface area contributed by atoms with Gasteiger partial charge >= 0.3 is 0 Å². The highest BCUT2D eigenvalue weighted by atomic mass is 28.4. The van der Waals surface area contributed by atoms with Crippen molar-refractivity contribution in [2.24, 2.45) is 11.8 Å². The van der Waals surface area contributed by atoms with Crippen molar-refractivity contribution in [3.05, 3.63) is 0 Å². The van der Waals surface area contributed by atoms with Crippen LogP contribution in [0.5, 0.6) is 0 Å². The SMILES string of the molecule is C[Si](C)(C)OC1C2CCC(CC2)C1O[Si](C)(C)C. The lowest BCUT2D eigenvalue weighted by Gasteiger charge is -2.51. The minimum absolute atomic E-state index is 0.399. The van der Waals surface area contributed by atoms with Crippen molar-refractivity contribution in [2.75, 3.05) is 0 Å². The smallest absolute Gasteiger partial charge is 0.184 e. The van der Waals surface area contributed by atoms with Crippen LogP contribution in [0.4, 0.5) is 0 Å². The Balaban J connectivity index is 2.12. The normalized spacial score (nSPS) is 37.0. The zero-order valence-electron chi connectivity index (χ0n) is 13.0. The van der Waals surface area contributed by atoms with Crippen molar-refractivity contribution in [1.29, 1.82) is 0 Å². The molecule has 0 heterocycles. The third-order valence-corrected chi connectivity index (χ3v) is 6.01. The van der Waals surface area contributed by atoms with E-state index in [0.717, 1.165) is 11.8 Å². The zero-order valence-corrected chi connectivity index (χ0v) is 15.0. The maximum absolute atomic E-state index is 6.51. The molecule has 0 spiro atoms. The van der Waals surface area contributed by atoms with Crippen LogP contribution >= 0.6 is 0 Å². The second-order valence-corrected chi connectivity index (χ2v) is 17.0. The first-order chi connectivity index (χ1) is 8.16.